The van der Waals surface area contributed by atoms with Gasteiger partial charge < -0.3 is 10.2 Å². The van der Waals surface area contributed by atoms with Crippen LogP contribution in [0.4, 0.5) is 5.69 Å². The molecule has 2 atom stereocenters. The molecule has 2 aliphatic rings. The molecule has 3 heteroatoms. The first kappa shape index (κ1) is 11.7. The molecule has 0 aliphatic carbocycles. The number of fused-ring (bicyclic) bond motifs is 1. The van der Waals surface area contributed by atoms with Crippen LogP contribution in [-0.4, -0.2) is 19.5 Å². The third-order valence-corrected chi connectivity index (χ3v) is 4.56. The highest BCUT2D eigenvalue weighted by Crippen LogP contribution is 2.40. The molecule has 2 aliphatic heterocycles. The molecule has 0 bridgehead atoms. The summed E-state index contributed by atoms with van der Waals surface area (Å²) in [4.78, 5) is 13.8. The zero-order chi connectivity index (χ0) is 12.9. The monoisotopic (exact) mass is 244 g/mol. The summed E-state index contributed by atoms with van der Waals surface area (Å²) in [6.07, 6.45) is 2.39. The Balaban J connectivity index is 2.05. The second-order valence-electron chi connectivity index (χ2n) is 5.75. The van der Waals surface area contributed by atoms with E-state index in [-0.39, 0.29) is 17.4 Å². The van der Waals surface area contributed by atoms with E-state index in [0.29, 0.717) is 0 Å². The maximum Gasteiger partial charge on any atom is 0.234 e. The van der Waals surface area contributed by atoms with E-state index in [1.54, 1.807) is 4.90 Å². The van der Waals surface area contributed by atoms with E-state index in [2.05, 4.69) is 30.4 Å². The number of rotatable bonds is 1. The van der Waals surface area contributed by atoms with E-state index in [0.717, 1.165) is 12.2 Å². The predicted octanol–water partition coefficient (Wildman–Crippen LogP) is 2.37. The van der Waals surface area contributed by atoms with Crippen LogP contribution >= 0.6 is 0 Å². The van der Waals surface area contributed by atoms with Gasteiger partial charge in [-0.15, -0.1) is 0 Å². The van der Waals surface area contributed by atoms with Crippen LogP contribution in [0.25, 0.3) is 0 Å². The third-order valence-electron chi connectivity index (χ3n) is 4.56. The topological polar surface area (TPSA) is 32.3 Å². The van der Waals surface area contributed by atoms with Crippen LogP contribution in [0.2, 0.25) is 0 Å². The molecule has 3 nitrogen and oxygen atoms in total. The Hall–Kier alpha value is -1.35. The number of hydrogen-bond donors (Lipinski definition) is 1. The first-order valence-electron chi connectivity index (χ1n) is 6.70. The molecule has 0 saturated carbocycles. The molecular formula is C15H20N2O. The fourth-order valence-corrected chi connectivity index (χ4v) is 3.23. The smallest absolute Gasteiger partial charge is 0.234 e. The molecule has 1 saturated heterocycles. The lowest BCUT2D eigenvalue weighted by Gasteiger charge is -2.26. The van der Waals surface area contributed by atoms with Gasteiger partial charge in [0.2, 0.25) is 5.91 Å². The van der Waals surface area contributed by atoms with Crippen LogP contribution in [0.5, 0.6) is 0 Å². The van der Waals surface area contributed by atoms with Crippen molar-refractivity contribution in [1.82, 2.24) is 5.32 Å². The van der Waals surface area contributed by atoms with Crippen molar-refractivity contribution in [3.63, 3.8) is 0 Å². The van der Waals surface area contributed by atoms with Gasteiger partial charge in [0.05, 0.1) is 5.92 Å². The highest BCUT2D eigenvalue weighted by molar-refractivity contribution is 6.04. The van der Waals surface area contributed by atoms with Crippen LogP contribution in [0, 0.1) is 0 Å². The Kier molecular flexibility index (Phi) is 2.49. The highest BCUT2D eigenvalue weighted by atomic mass is 16.2. The van der Waals surface area contributed by atoms with E-state index in [1.165, 1.54) is 24.0 Å². The quantitative estimate of drug-likeness (QED) is 0.822. The minimum atomic E-state index is -0.00467. The van der Waals surface area contributed by atoms with Gasteiger partial charge in [0, 0.05) is 18.3 Å². The largest absolute Gasteiger partial charge is 0.315 e. The SMILES string of the molecule is CC1C(=O)N(C)c2ccc(C3(C)CCCN3)cc21. The average molecular weight is 244 g/mol. The van der Waals surface area contributed by atoms with Gasteiger partial charge in [-0.2, -0.15) is 0 Å². The molecule has 1 amide bonds. The molecule has 2 unspecified atom stereocenters. The van der Waals surface area contributed by atoms with Gasteiger partial charge >= 0.3 is 0 Å². The molecule has 1 aromatic rings. The van der Waals surface area contributed by atoms with E-state index in [1.807, 2.05) is 14.0 Å². The molecule has 1 fully saturated rings. The number of carbonyl (C=O) groups excluding carboxylic acids is 1. The standard InChI is InChI=1S/C15H20N2O/c1-10-12-9-11(15(2)7-4-8-16-15)5-6-13(12)17(3)14(10)18/h5-6,9-10,16H,4,7-8H2,1-3H3. The molecule has 0 aromatic heterocycles. The number of nitrogens with one attached hydrogen (secondary N) is 1. The second kappa shape index (κ2) is 3.82. The number of benzene rings is 1. The molecule has 96 valence electrons. The van der Waals surface area contributed by atoms with Gasteiger partial charge in [0.25, 0.3) is 0 Å². The van der Waals surface area contributed by atoms with Gasteiger partial charge in [0.15, 0.2) is 0 Å². The number of likely N-dealkylation sites (N-methyl/N-ethyl adjacent to an activating group) is 1. The van der Waals surface area contributed by atoms with Crippen molar-refractivity contribution < 1.29 is 4.79 Å². The van der Waals surface area contributed by atoms with Crippen LogP contribution < -0.4 is 10.2 Å². The summed E-state index contributed by atoms with van der Waals surface area (Å²) in [6, 6.07) is 6.48. The van der Waals surface area contributed by atoms with Crippen molar-refractivity contribution in [2.45, 2.75) is 38.1 Å². The van der Waals surface area contributed by atoms with Crippen LogP contribution in [0.1, 0.15) is 43.7 Å². The van der Waals surface area contributed by atoms with Crippen LogP contribution in [-0.2, 0) is 10.3 Å². The first-order valence-corrected chi connectivity index (χ1v) is 6.70. The Morgan fingerprint density at radius 1 is 1.44 bits per heavy atom. The summed E-state index contributed by atoms with van der Waals surface area (Å²) in [7, 11) is 1.86. The minimum absolute atomic E-state index is 0.00467. The molecule has 0 radical (unpaired) electrons. The third kappa shape index (κ3) is 1.50. The fourth-order valence-electron chi connectivity index (χ4n) is 3.23. The Labute approximate surface area is 108 Å². The zero-order valence-corrected chi connectivity index (χ0v) is 11.3. The summed E-state index contributed by atoms with van der Waals surface area (Å²) < 4.78 is 0. The lowest BCUT2D eigenvalue weighted by molar-refractivity contribution is -0.118. The lowest BCUT2D eigenvalue weighted by atomic mass is 9.88. The van der Waals surface area contributed by atoms with Gasteiger partial charge in [-0.1, -0.05) is 12.1 Å². The van der Waals surface area contributed by atoms with E-state index in [9.17, 15) is 4.79 Å². The summed E-state index contributed by atoms with van der Waals surface area (Å²) in [6.45, 7) is 5.34. The van der Waals surface area contributed by atoms with Gasteiger partial charge in [-0.3, -0.25) is 4.79 Å². The molecule has 0 spiro atoms. The summed E-state index contributed by atoms with van der Waals surface area (Å²) in [5.74, 6) is 0.196. The number of hydrogen-bond acceptors (Lipinski definition) is 2. The Bertz CT molecular complexity index is 503. The first-order chi connectivity index (χ1) is 8.53. The molecular weight excluding hydrogens is 224 g/mol. The molecule has 1 N–H and O–H groups in total. The van der Waals surface area contributed by atoms with Crippen molar-refractivity contribution in [3.05, 3.63) is 29.3 Å². The molecule has 18 heavy (non-hydrogen) atoms. The average Bonchev–Trinajstić information content (AvgIpc) is 2.90. The Morgan fingerprint density at radius 3 is 2.89 bits per heavy atom. The van der Waals surface area contributed by atoms with E-state index < -0.39 is 0 Å². The molecule has 2 heterocycles. The van der Waals surface area contributed by atoms with E-state index in [4.69, 9.17) is 0 Å². The lowest BCUT2D eigenvalue weighted by Crippen LogP contribution is -2.33. The van der Waals surface area contributed by atoms with Crippen molar-refractivity contribution in [1.29, 1.82) is 0 Å². The zero-order valence-electron chi connectivity index (χ0n) is 11.3. The van der Waals surface area contributed by atoms with Crippen molar-refractivity contribution >= 4 is 11.6 Å². The van der Waals surface area contributed by atoms with Gasteiger partial charge in [-0.05, 0) is 50.4 Å². The summed E-state index contributed by atoms with van der Waals surface area (Å²) >= 11 is 0. The van der Waals surface area contributed by atoms with Crippen molar-refractivity contribution in [3.8, 4) is 0 Å². The van der Waals surface area contributed by atoms with Crippen molar-refractivity contribution in [2.75, 3.05) is 18.5 Å². The van der Waals surface area contributed by atoms with Crippen molar-refractivity contribution in [2.24, 2.45) is 0 Å². The minimum Gasteiger partial charge on any atom is -0.315 e. The predicted molar refractivity (Wildman–Crippen MR) is 72.9 cm³/mol. The fraction of sp³-hybridized carbons (Fsp3) is 0.533. The maximum absolute atomic E-state index is 12.0. The van der Waals surface area contributed by atoms with E-state index >= 15 is 0 Å². The van der Waals surface area contributed by atoms with Crippen LogP contribution in [0.15, 0.2) is 18.2 Å². The molecule has 1 aromatic carbocycles. The maximum atomic E-state index is 12.0. The second-order valence-corrected chi connectivity index (χ2v) is 5.75. The summed E-state index contributed by atoms with van der Waals surface area (Å²) in [5, 5.41) is 3.58. The number of amides is 1. The van der Waals surface area contributed by atoms with Gasteiger partial charge in [-0.25, -0.2) is 0 Å². The summed E-state index contributed by atoms with van der Waals surface area (Å²) in [5.41, 5.74) is 3.64. The van der Waals surface area contributed by atoms with Crippen LogP contribution in [0.3, 0.4) is 0 Å². The number of nitrogens with zero attached hydrogens (tertiary/aromatic N) is 1. The highest BCUT2D eigenvalue weighted by Gasteiger charge is 2.35. The Morgan fingerprint density at radius 2 is 2.22 bits per heavy atom. The normalized spacial score (nSPS) is 30.9. The molecule has 3 rings (SSSR count). The van der Waals surface area contributed by atoms with Gasteiger partial charge in [0.1, 0.15) is 0 Å². The number of carbonyl (C=O) groups is 1. The number of anilines is 1.